The Labute approximate surface area is 142 Å². The number of rotatable bonds is 4. The molecule has 0 aliphatic carbocycles. The molecule has 0 bridgehead atoms. The second-order valence-corrected chi connectivity index (χ2v) is 5.63. The summed E-state index contributed by atoms with van der Waals surface area (Å²) in [5.41, 5.74) is 0.521. The highest BCUT2D eigenvalue weighted by Crippen LogP contribution is 2.18. The van der Waals surface area contributed by atoms with Gasteiger partial charge >= 0.3 is 12.0 Å². The number of esters is 1. The van der Waals surface area contributed by atoms with Crippen LogP contribution in [0.5, 0.6) is 0 Å². The highest BCUT2D eigenvalue weighted by molar-refractivity contribution is 5.96. The Kier molecular flexibility index (Phi) is 5.25. The molecule has 9 heteroatoms. The Morgan fingerprint density at radius 2 is 1.96 bits per heavy atom. The number of halogens is 2. The Bertz CT molecular complexity index is 717. The summed E-state index contributed by atoms with van der Waals surface area (Å²) < 4.78 is 36.7. The average molecular weight is 353 g/mol. The number of hydrogen-bond donors (Lipinski definition) is 2. The molecular weight excluding hydrogens is 336 g/mol. The minimum atomic E-state index is -0.892. The normalized spacial score (nSPS) is 18.2. The molecule has 1 aromatic rings. The SMILES string of the molecule is O=C(NC1=C(CN2CCOCC2)C(=O)OC1)Nc1ccc(F)cc1F. The number of nitrogens with one attached hydrogen (secondary N) is 2. The third-order valence-corrected chi connectivity index (χ3v) is 3.89. The number of anilines is 1. The fourth-order valence-corrected chi connectivity index (χ4v) is 2.57. The standard InChI is InChI=1S/C16H17F2N3O4/c17-10-1-2-13(12(18)7-10)19-16(23)20-14-9-25-15(22)11(14)8-21-3-5-24-6-4-21/h1-2,7H,3-6,8-9H2,(H2,19,20,23). The lowest BCUT2D eigenvalue weighted by atomic mass is 10.2. The first-order valence-corrected chi connectivity index (χ1v) is 7.75. The van der Waals surface area contributed by atoms with Crippen molar-refractivity contribution < 1.29 is 27.8 Å². The Morgan fingerprint density at radius 1 is 1.20 bits per heavy atom. The Morgan fingerprint density at radius 3 is 2.68 bits per heavy atom. The lowest BCUT2D eigenvalue weighted by Crippen LogP contribution is -2.39. The second-order valence-electron chi connectivity index (χ2n) is 5.63. The van der Waals surface area contributed by atoms with Gasteiger partial charge in [0.15, 0.2) is 0 Å². The van der Waals surface area contributed by atoms with Crippen LogP contribution in [-0.2, 0) is 14.3 Å². The number of carbonyl (C=O) groups excluding carboxylic acids is 2. The molecule has 0 spiro atoms. The zero-order valence-electron chi connectivity index (χ0n) is 13.3. The fraction of sp³-hybridized carbons (Fsp3) is 0.375. The van der Waals surface area contributed by atoms with Crippen molar-refractivity contribution in [1.82, 2.24) is 10.2 Å². The third kappa shape index (κ3) is 4.31. The van der Waals surface area contributed by atoms with Gasteiger partial charge in [0.2, 0.25) is 0 Å². The van der Waals surface area contributed by atoms with Gasteiger partial charge in [-0.1, -0.05) is 0 Å². The van der Waals surface area contributed by atoms with Crippen molar-refractivity contribution in [1.29, 1.82) is 0 Å². The van der Waals surface area contributed by atoms with E-state index < -0.39 is 23.6 Å². The maximum Gasteiger partial charge on any atom is 0.337 e. The molecule has 7 nitrogen and oxygen atoms in total. The fourth-order valence-electron chi connectivity index (χ4n) is 2.57. The largest absolute Gasteiger partial charge is 0.456 e. The molecule has 2 N–H and O–H groups in total. The zero-order chi connectivity index (χ0) is 17.8. The number of benzene rings is 1. The van der Waals surface area contributed by atoms with Crippen molar-refractivity contribution in [3.8, 4) is 0 Å². The first-order chi connectivity index (χ1) is 12.0. The van der Waals surface area contributed by atoms with Crippen LogP contribution in [0.4, 0.5) is 19.3 Å². The van der Waals surface area contributed by atoms with Gasteiger partial charge in [0.05, 0.1) is 30.2 Å². The second kappa shape index (κ2) is 7.58. The van der Waals surface area contributed by atoms with Crippen molar-refractivity contribution in [2.75, 3.05) is 44.8 Å². The van der Waals surface area contributed by atoms with Crippen LogP contribution in [0.25, 0.3) is 0 Å². The number of amides is 2. The predicted octanol–water partition coefficient (Wildman–Crippen LogP) is 1.23. The van der Waals surface area contributed by atoms with E-state index in [-0.39, 0.29) is 12.3 Å². The lowest BCUT2D eigenvalue weighted by Gasteiger charge is -2.26. The van der Waals surface area contributed by atoms with Gasteiger partial charge in [0.25, 0.3) is 0 Å². The number of nitrogens with zero attached hydrogens (tertiary/aromatic N) is 1. The molecule has 0 saturated carbocycles. The van der Waals surface area contributed by atoms with Crippen LogP contribution >= 0.6 is 0 Å². The van der Waals surface area contributed by atoms with E-state index in [1.165, 1.54) is 0 Å². The monoisotopic (exact) mass is 353 g/mol. The summed E-state index contributed by atoms with van der Waals surface area (Å²) >= 11 is 0. The van der Waals surface area contributed by atoms with Crippen molar-refractivity contribution in [3.63, 3.8) is 0 Å². The van der Waals surface area contributed by atoms with Crippen molar-refractivity contribution >= 4 is 17.7 Å². The number of morpholine rings is 1. The highest BCUT2D eigenvalue weighted by atomic mass is 19.1. The maximum atomic E-state index is 13.6. The molecule has 0 unspecified atom stereocenters. The summed E-state index contributed by atoms with van der Waals surface area (Å²) in [5, 5.41) is 4.78. The van der Waals surface area contributed by atoms with E-state index in [9.17, 15) is 18.4 Å². The van der Waals surface area contributed by atoms with Crippen LogP contribution < -0.4 is 10.6 Å². The summed E-state index contributed by atoms with van der Waals surface area (Å²) in [7, 11) is 0. The van der Waals surface area contributed by atoms with Gasteiger partial charge in [-0.15, -0.1) is 0 Å². The van der Waals surface area contributed by atoms with Gasteiger partial charge < -0.3 is 20.1 Å². The summed E-state index contributed by atoms with van der Waals surface area (Å²) in [5.74, 6) is -2.13. The van der Waals surface area contributed by atoms with Crippen molar-refractivity contribution in [2.24, 2.45) is 0 Å². The van der Waals surface area contributed by atoms with Crippen LogP contribution in [0.1, 0.15) is 0 Å². The molecule has 2 aliphatic heterocycles. The summed E-state index contributed by atoms with van der Waals surface area (Å²) in [6.45, 7) is 2.79. The molecule has 25 heavy (non-hydrogen) atoms. The summed E-state index contributed by atoms with van der Waals surface area (Å²) in [4.78, 5) is 25.9. The molecule has 0 atom stereocenters. The van der Waals surface area contributed by atoms with E-state index >= 15 is 0 Å². The van der Waals surface area contributed by atoms with Crippen LogP contribution in [0.3, 0.4) is 0 Å². The Balaban J connectivity index is 1.66. The number of ether oxygens (including phenoxy) is 2. The average Bonchev–Trinajstić information content (AvgIpc) is 2.91. The van der Waals surface area contributed by atoms with Gasteiger partial charge in [-0.05, 0) is 12.1 Å². The van der Waals surface area contributed by atoms with E-state index in [1.807, 2.05) is 4.90 Å². The number of urea groups is 1. The molecule has 2 heterocycles. The van der Waals surface area contributed by atoms with Crippen LogP contribution in [0, 0.1) is 11.6 Å². The van der Waals surface area contributed by atoms with Gasteiger partial charge in [-0.3, -0.25) is 4.90 Å². The van der Waals surface area contributed by atoms with E-state index in [4.69, 9.17) is 9.47 Å². The van der Waals surface area contributed by atoms with Crippen LogP contribution in [-0.4, -0.2) is 56.4 Å². The molecule has 1 fully saturated rings. The minimum absolute atomic E-state index is 0.0577. The topological polar surface area (TPSA) is 79.9 Å². The molecule has 1 aromatic carbocycles. The lowest BCUT2D eigenvalue weighted by molar-refractivity contribution is -0.136. The van der Waals surface area contributed by atoms with E-state index in [0.717, 1.165) is 12.1 Å². The van der Waals surface area contributed by atoms with Gasteiger partial charge in [0.1, 0.15) is 18.2 Å². The molecule has 0 radical (unpaired) electrons. The highest BCUT2D eigenvalue weighted by Gasteiger charge is 2.28. The first kappa shape index (κ1) is 17.3. The maximum absolute atomic E-state index is 13.6. The number of carbonyl (C=O) groups is 2. The molecule has 3 rings (SSSR count). The van der Waals surface area contributed by atoms with Crippen molar-refractivity contribution in [3.05, 3.63) is 41.1 Å². The third-order valence-electron chi connectivity index (χ3n) is 3.89. The number of cyclic esters (lactones) is 1. The van der Waals surface area contributed by atoms with Gasteiger partial charge in [0, 0.05) is 25.7 Å². The van der Waals surface area contributed by atoms with Gasteiger partial charge in [-0.2, -0.15) is 0 Å². The van der Waals surface area contributed by atoms with Crippen LogP contribution in [0.15, 0.2) is 29.5 Å². The summed E-state index contributed by atoms with van der Waals surface area (Å²) in [6, 6.07) is 2.08. The predicted molar refractivity (Wildman–Crippen MR) is 83.8 cm³/mol. The van der Waals surface area contributed by atoms with Crippen molar-refractivity contribution in [2.45, 2.75) is 0 Å². The molecule has 2 amide bonds. The molecule has 0 aromatic heterocycles. The Hall–Kier alpha value is -2.52. The van der Waals surface area contributed by atoms with E-state index in [1.54, 1.807) is 0 Å². The van der Waals surface area contributed by atoms with Gasteiger partial charge in [-0.25, -0.2) is 18.4 Å². The van der Waals surface area contributed by atoms with E-state index in [2.05, 4.69) is 10.6 Å². The number of hydrogen-bond acceptors (Lipinski definition) is 5. The summed E-state index contributed by atoms with van der Waals surface area (Å²) in [6.07, 6.45) is 0. The van der Waals surface area contributed by atoms with E-state index in [0.29, 0.717) is 50.2 Å². The zero-order valence-corrected chi connectivity index (χ0v) is 13.3. The molecule has 134 valence electrons. The quantitative estimate of drug-likeness (QED) is 0.796. The molecule has 2 aliphatic rings. The minimum Gasteiger partial charge on any atom is -0.456 e. The first-order valence-electron chi connectivity index (χ1n) is 7.75. The molecule has 1 saturated heterocycles. The molecular formula is C16H17F2N3O4. The van der Waals surface area contributed by atoms with Crippen LogP contribution in [0.2, 0.25) is 0 Å². The smallest absolute Gasteiger partial charge is 0.337 e.